The van der Waals surface area contributed by atoms with Crippen LogP contribution in [0, 0.1) is 0 Å². The SMILES string of the molecule is NCCNCCNCCNCCNC(=O)CCC(=O)NCCNCCNCCNCCNC(=O)CCC(=O)NCCNCCNCCNCCNC(=O)CCC(=O)NCCNCCNCCNCCNC(=O)CCC(=O)NCCNCCNCCNCCNC(=O)CCC(=O)N[C@@H](Cc1c[nH]c2ccccc12)C(N)=O. The monoisotopic (exact) mass is 1560 g/mol. The van der Waals surface area contributed by atoms with E-state index in [-0.39, 0.29) is 124 Å². The van der Waals surface area contributed by atoms with Crippen molar-refractivity contribution in [3.63, 3.8) is 0 Å². The number of aromatic nitrogens is 1. The smallest absolute Gasteiger partial charge is 0.240 e. The number of rotatable bonds is 78. The maximum atomic E-state index is 12.5. The summed E-state index contributed by atoms with van der Waals surface area (Å²) in [7, 11) is 0. The Morgan fingerprint density at radius 3 is 0.664 bits per heavy atom. The van der Waals surface area contributed by atoms with Crippen LogP contribution >= 0.6 is 0 Å². The van der Waals surface area contributed by atoms with Gasteiger partial charge in [0.2, 0.25) is 65.0 Å². The van der Waals surface area contributed by atoms with E-state index >= 15 is 0 Å². The average Bonchev–Trinajstić information content (AvgIpc) is 1.68. The van der Waals surface area contributed by atoms with Gasteiger partial charge in [-0.1, -0.05) is 18.2 Å². The first-order valence-electron chi connectivity index (χ1n) is 39.5. The number of benzene rings is 1. The van der Waals surface area contributed by atoms with E-state index in [1.807, 2.05) is 24.3 Å². The summed E-state index contributed by atoms with van der Waals surface area (Å²) in [5.41, 5.74) is 12.8. The fourth-order valence-corrected chi connectivity index (χ4v) is 10.3. The second kappa shape index (κ2) is 71.6. The first-order valence-corrected chi connectivity index (χ1v) is 39.5. The van der Waals surface area contributed by atoms with Crippen LogP contribution in [0.25, 0.3) is 10.9 Å². The Kier molecular flexibility index (Phi) is 64.0. The van der Waals surface area contributed by atoms with E-state index < -0.39 is 17.9 Å². The predicted molar refractivity (Wildman–Crippen MR) is 428 cm³/mol. The summed E-state index contributed by atoms with van der Waals surface area (Å²) in [5.74, 6) is -2.71. The number of fused-ring (bicyclic) bond motifs is 1. The molecule has 0 saturated heterocycles. The Balaban J connectivity index is 1.21. The van der Waals surface area contributed by atoms with Crippen LogP contribution in [0.5, 0.6) is 0 Å². The molecule has 0 aliphatic rings. The molecule has 1 heterocycles. The molecule has 0 fully saturated rings. The lowest BCUT2D eigenvalue weighted by Gasteiger charge is -2.15. The Labute approximate surface area is 650 Å². The van der Waals surface area contributed by atoms with Crippen molar-refractivity contribution >= 4 is 75.9 Å². The number of primary amides is 1. The van der Waals surface area contributed by atoms with Gasteiger partial charge in [0.25, 0.3) is 0 Å². The maximum Gasteiger partial charge on any atom is 0.240 e. The summed E-state index contributed by atoms with van der Waals surface area (Å²) in [4.78, 5) is 137. The third kappa shape index (κ3) is 62.0. The summed E-state index contributed by atoms with van der Waals surface area (Å²) in [6, 6.07) is 6.76. The van der Waals surface area contributed by atoms with Gasteiger partial charge in [-0.05, 0) is 11.6 Å². The molecule has 0 bridgehead atoms. The minimum atomic E-state index is -0.893. The number of hydrogen-bond donors (Lipinski definition) is 28. The summed E-state index contributed by atoms with van der Waals surface area (Å²) >= 11 is 0. The van der Waals surface area contributed by atoms with Crippen molar-refractivity contribution in [3.05, 3.63) is 36.0 Å². The van der Waals surface area contributed by atoms with Crippen molar-refractivity contribution in [1.82, 2.24) is 138 Å². The highest BCUT2D eigenvalue weighted by Crippen LogP contribution is 2.19. The Morgan fingerprint density at radius 1 is 0.264 bits per heavy atom. The number of carbonyl (C=O) groups is 11. The number of para-hydroxylation sites is 1. The highest BCUT2D eigenvalue weighted by Gasteiger charge is 2.21. The third-order valence-corrected chi connectivity index (χ3v) is 16.4. The Hall–Kier alpha value is -7.71. The molecule has 39 nitrogen and oxygen atoms in total. The molecule has 1 aromatic heterocycles. The van der Waals surface area contributed by atoms with Crippen LogP contribution in [0.15, 0.2) is 30.5 Å². The van der Waals surface area contributed by atoms with Gasteiger partial charge in [-0.25, -0.2) is 0 Å². The standard InChI is InChI=1S/C71H138N28O11/c72-15-16-74-17-18-75-19-28-80-37-46-89-61(100)5-6-62(101)90-47-38-81-29-20-76-21-30-82-39-48-91-63(102)7-8-64(103)92-49-40-83-31-22-77-23-32-84-41-50-93-65(104)9-10-66(105)94-51-42-85-33-24-78-25-34-86-43-52-95-67(106)11-12-68(107)96-53-44-87-35-26-79-27-36-88-45-54-97-69(108)13-14-70(109)99-60(71(73)110)55-57-56-98-59-4-2-1-3-58(57)59/h1-4,56,60,74-88,98H,5-55,72H2,(H2,73,110)(H,89,100)(H,90,101)(H,91,102)(H,92,103)(H,93,104)(H,94,105)(H,95,106)(H,96,107)(H,97,108)(H,99,109)/t60-/m0/s1. The summed E-state index contributed by atoms with van der Waals surface area (Å²) < 4.78 is 0. The zero-order chi connectivity index (χ0) is 79.6. The van der Waals surface area contributed by atoms with Gasteiger partial charge in [0, 0.05) is 350 Å². The molecule has 0 aliphatic carbocycles. The molecule has 2 rings (SSSR count). The zero-order valence-electron chi connectivity index (χ0n) is 65.2. The number of hydrogen-bond acceptors (Lipinski definition) is 27. The van der Waals surface area contributed by atoms with Crippen molar-refractivity contribution < 1.29 is 52.7 Å². The van der Waals surface area contributed by atoms with Gasteiger partial charge in [-0.2, -0.15) is 0 Å². The molecule has 0 aliphatic heterocycles. The number of H-pyrrole nitrogens is 1. The quantitative estimate of drug-likeness (QED) is 0.0274. The van der Waals surface area contributed by atoms with E-state index in [1.54, 1.807) is 6.20 Å². The molecule has 2 aromatic rings. The first kappa shape index (κ1) is 98.4. The largest absolute Gasteiger partial charge is 0.368 e. The van der Waals surface area contributed by atoms with E-state index in [1.165, 1.54) is 0 Å². The number of amides is 11. The van der Waals surface area contributed by atoms with Crippen molar-refractivity contribution in [1.29, 1.82) is 0 Å². The normalized spacial score (nSPS) is 11.4. The summed E-state index contributed by atoms with van der Waals surface area (Å²) in [5, 5.41) is 78.1. The van der Waals surface area contributed by atoms with Gasteiger partial charge >= 0.3 is 0 Å². The van der Waals surface area contributed by atoms with Crippen LogP contribution in [0.4, 0.5) is 0 Å². The molecule has 1 atom stereocenters. The van der Waals surface area contributed by atoms with Gasteiger partial charge in [0.1, 0.15) is 6.04 Å². The van der Waals surface area contributed by atoms with Crippen LogP contribution in [0.1, 0.15) is 69.8 Å². The zero-order valence-corrected chi connectivity index (χ0v) is 65.2. The van der Waals surface area contributed by atoms with Crippen LogP contribution in [0.2, 0.25) is 0 Å². The number of aromatic amines is 1. The summed E-state index contributed by atoms with van der Waals surface area (Å²) in [6.07, 6.45) is 2.93. The van der Waals surface area contributed by atoms with Crippen molar-refractivity contribution in [2.75, 3.05) is 262 Å². The fraction of sp³-hybridized carbons (Fsp3) is 0.732. The van der Waals surface area contributed by atoms with Crippen molar-refractivity contribution in [3.8, 4) is 0 Å². The molecular weight excluding hydrogens is 1420 g/mol. The van der Waals surface area contributed by atoms with Gasteiger partial charge in [-0.3, -0.25) is 52.7 Å². The average molecular weight is 1560 g/mol. The second-order valence-electron chi connectivity index (χ2n) is 25.8. The molecule has 11 amide bonds. The Morgan fingerprint density at radius 2 is 0.455 bits per heavy atom. The van der Waals surface area contributed by atoms with Crippen molar-refractivity contribution in [2.24, 2.45) is 11.5 Å². The van der Waals surface area contributed by atoms with Gasteiger partial charge < -0.3 is 149 Å². The fourth-order valence-electron chi connectivity index (χ4n) is 10.3. The predicted octanol–water partition coefficient (Wildman–Crippen LogP) is -10.6. The molecule has 628 valence electrons. The number of nitrogens with one attached hydrogen (secondary N) is 26. The van der Waals surface area contributed by atoms with E-state index in [0.29, 0.717) is 151 Å². The van der Waals surface area contributed by atoms with Crippen LogP contribution in [-0.2, 0) is 59.2 Å². The summed E-state index contributed by atoms with van der Waals surface area (Å²) in [6.45, 7) is 26.0. The van der Waals surface area contributed by atoms with Gasteiger partial charge in [0.05, 0.1) is 0 Å². The van der Waals surface area contributed by atoms with Gasteiger partial charge in [-0.15, -0.1) is 0 Å². The Bertz CT molecular complexity index is 2780. The third-order valence-electron chi connectivity index (χ3n) is 16.4. The minimum absolute atomic E-state index is 0.0127. The lowest BCUT2D eigenvalue weighted by molar-refractivity contribution is -0.129. The van der Waals surface area contributed by atoms with Crippen LogP contribution in [-0.4, -0.2) is 338 Å². The molecule has 30 N–H and O–H groups in total. The topological polar surface area (TPSA) is 556 Å². The lowest BCUT2D eigenvalue weighted by atomic mass is 10.0. The molecule has 0 radical (unpaired) electrons. The minimum Gasteiger partial charge on any atom is -0.368 e. The highest BCUT2D eigenvalue weighted by molar-refractivity contribution is 5.90. The van der Waals surface area contributed by atoms with E-state index in [2.05, 4.69) is 138 Å². The molecule has 1 aromatic carbocycles. The molecule has 110 heavy (non-hydrogen) atoms. The van der Waals surface area contributed by atoms with Crippen LogP contribution < -0.4 is 144 Å². The lowest BCUT2D eigenvalue weighted by Crippen LogP contribution is -2.46. The van der Waals surface area contributed by atoms with Crippen molar-refractivity contribution in [2.45, 2.75) is 76.7 Å². The molecule has 0 saturated carbocycles. The van der Waals surface area contributed by atoms with E-state index in [9.17, 15) is 52.7 Å². The second-order valence-corrected chi connectivity index (χ2v) is 25.8. The molecular formula is C71H138N28O11. The number of carbonyl (C=O) groups excluding carboxylic acids is 11. The first-order chi connectivity index (χ1) is 53.7. The number of nitrogens with two attached hydrogens (primary N) is 2. The van der Waals surface area contributed by atoms with Crippen LogP contribution in [0.3, 0.4) is 0 Å². The van der Waals surface area contributed by atoms with E-state index in [0.717, 1.165) is 128 Å². The molecule has 0 unspecified atom stereocenters. The maximum absolute atomic E-state index is 12.5. The molecule has 0 spiro atoms. The van der Waals surface area contributed by atoms with Gasteiger partial charge in [0.15, 0.2) is 0 Å². The molecule has 39 heteroatoms. The van der Waals surface area contributed by atoms with E-state index in [4.69, 9.17) is 11.5 Å². The highest BCUT2D eigenvalue weighted by atomic mass is 16.2.